The Balaban J connectivity index is 2.32. The largest absolute Gasteiger partial charge is 0.493 e. The Bertz CT molecular complexity index is 1040. The quantitative estimate of drug-likeness (QED) is 0.138. The molecule has 1 atom stereocenters. The molecule has 0 aliphatic carbocycles. The highest BCUT2D eigenvalue weighted by Gasteiger charge is 2.14. The zero-order chi connectivity index (χ0) is 31.4. The monoisotopic (exact) mass is 582 g/mol. The van der Waals surface area contributed by atoms with Gasteiger partial charge in [0.05, 0.1) is 40.6 Å². The van der Waals surface area contributed by atoms with Crippen molar-refractivity contribution in [3.8, 4) is 11.5 Å². The minimum atomic E-state index is -0.369. The van der Waals surface area contributed by atoms with Crippen LogP contribution in [0.5, 0.6) is 11.5 Å². The van der Waals surface area contributed by atoms with Gasteiger partial charge in [-0.3, -0.25) is 0 Å². The molecule has 1 N–H and O–H groups in total. The van der Waals surface area contributed by atoms with Crippen molar-refractivity contribution in [3.05, 3.63) is 83.0 Å². The number of ether oxygens (including phenoxy) is 4. The van der Waals surface area contributed by atoms with Gasteiger partial charge in [-0.25, -0.2) is 0 Å². The van der Waals surface area contributed by atoms with Gasteiger partial charge in [-0.1, -0.05) is 79.2 Å². The maximum absolute atomic E-state index is 9.69. The summed E-state index contributed by atoms with van der Waals surface area (Å²) in [5, 5.41) is 9.69. The van der Waals surface area contributed by atoms with Crippen LogP contribution < -0.4 is 9.47 Å². The number of aliphatic hydroxyl groups is 1. The Morgan fingerprint density at radius 1 is 0.929 bits per heavy atom. The smallest absolute Gasteiger partial charge is 0.161 e. The van der Waals surface area contributed by atoms with Gasteiger partial charge in [-0.15, -0.1) is 0 Å². The van der Waals surface area contributed by atoms with Gasteiger partial charge in [0, 0.05) is 0 Å². The van der Waals surface area contributed by atoms with E-state index >= 15 is 0 Å². The molecule has 0 bridgehead atoms. The Kier molecular flexibility index (Phi) is 18.8. The molecule has 0 aromatic heterocycles. The molecule has 236 valence electrons. The summed E-state index contributed by atoms with van der Waals surface area (Å²) >= 11 is 0. The standard InChI is InChI=1S/C37H58O5/c1-29(2)13-12-15-30(3)16-17-32(5)20-23-37(6,7)22-11-10-14-31(4)21-24-42-34(26-38)28-41-27-33-18-19-35(39-8)36(25-33)40-9/h11,13,16,18-19,21-22,25,34,38H,5,10,12,14-15,17,20,23-24,26-28H2,1-4,6-9H3/t34-/m0/s1. The summed E-state index contributed by atoms with van der Waals surface area (Å²) in [7, 11) is 3.22. The van der Waals surface area contributed by atoms with E-state index in [-0.39, 0.29) is 18.1 Å². The number of benzene rings is 1. The molecule has 1 aromatic carbocycles. The van der Waals surface area contributed by atoms with E-state index in [0.717, 1.165) is 50.5 Å². The van der Waals surface area contributed by atoms with Crippen molar-refractivity contribution < 1.29 is 24.1 Å². The molecule has 0 amide bonds. The molecule has 0 heterocycles. The van der Waals surface area contributed by atoms with E-state index in [1.54, 1.807) is 14.2 Å². The van der Waals surface area contributed by atoms with E-state index in [1.165, 1.54) is 22.3 Å². The van der Waals surface area contributed by atoms with Crippen LogP contribution in [0.3, 0.4) is 0 Å². The lowest BCUT2D eigenvalue weighted by molar-refractivity contribution is -0.0372. The summed E-state index contributed by atoms with van der Waals surface area (Å²) < 4.78 is 22.2. The molecular formula is C37H58O5. The zero-order valence-electron chi connectivity index (χ0n) is 27.8. The van der Waals surface area contributed by atoms with Crippen molar-refractivity contribution in [2.24, 2.45) is 5.41 Å². The predicted octanol–water partition coefficient (Wildman–Crippen LogP) is 9.33. The number of hydrogen-bond donors (Lipinski definition) is 1. The number of methoxy groups -OCH3 is 2. The van der Waals surface area contributed by atoms with E-state index in [2.05, 4.69) is 78.5 Å². The van der Waals surface area contributed by atoms with Crippen LogP contribution in [-0.2, 0) is 16.1 Å². The van der Waals surface area contributed by atoms with Crippen LogP contribution in [0.2, 0.25) is 0 Å². The van der Waals surface area contributed by atoms with Crippen LogP contribution in [0, 0.1) is 5.41 Å². The normalized spacial score (nSPS) is 13.4. The summed E-state index contributed by atoms with van der Waals surface area (Å²) in [4.78, 5) is 0. The third kappa shape index (κ3) is 17.4. The molecule has 0 radical (unpaired) electrons. The van der Waals surface area contributed by atoms with Crippen molar-refractivity contribution in [1.29, 1.82) is 0 Å². The molecule has 0 unspecified atom stereocenters. The van der Waals surface area contributed by atoms with Crippen molar-refractivity contribution in [3.63, 3.8) is 0 Å². The summed E-state index contributed by atoms with van der Waals surface area (Å²) in [6.07, 6.45) is 18.4. The van der Waals surface area contributed by atoms with Crippen molar-refractivity contribution in [2.75, 3.05) is 34.0 Å². The lowest BCUT2D eigenvalue weighted by atomic mass is 9.85. The average Bonchev–Trinajstić information content (AvgIpc) is 2.96. The Labute approximate surface area is 257 Å². The maximum Gasteiger partial charge on any atom is 0.161 e. The Hall–Kier alpha value is -2.60. The third-order valence-electron chi connectivity index (χ3n) is 7.22. The fraction of sp³-hybridized carbons (Fsp3) is 0.568. The number of hydrogen-bond acceptors (Lipinski definition) is 5. The highest BCUT2D eigenvalue weighted by molar-refractivity contribution is 5.42. The van der Waals surface area contributed by atoms with E-state index in [9.17, 15) is 5.11 Å². The van der Waals surface area contributed by atoms with Gasteiger partial charge >= 0.3 is 0 Å². The van der Waals surface area contributed by atoms with Crippen LogP contribution in [0.15, 0.2) is 77.5 Å². The molecule has 42 heavy (non-hydrogen) atoms. The molecule has 0 saturated carbocycles. The molecule has 0 aliphatic heterocycles. The van der Waals surface area contributed by atoms with Crippen LogP contribution in [0.1, 0.15) is 92.1 Å². The average molecular weight is 583 g/mol. The van der Waals surface area contributed by atoms with Crippen LogP contribution in [0.4, 0.5) is 0 Å². The first-order valence-corrected chi connectivity index (χ1v) is 15.3. The van der Waals surface area contributed by atoms with Gasteiger partial charge in [0.2, 0.25) is 0 Å². The first-order chi connectivity index (χ1) is 20.0. The van der Waals surface area contributed by atoms with Crippen LogP contribution >= 0.6 is 0 Å². The molecule has 0 spiro atoms. The lowest BCUT2D eigenvalue weighted by Crippen LogP contribution is -2.24. The molecule has 1 rings (SSSR count). The van der Waals surface area contributed by atoms with Gasteiger partial charge in [0.25, 0.3) is 0 Å². The van der Waals surface area contributed by atoms with Crippen molar-refractivity contribution >= 4 is 0 Å². The first kappa shape index (κ1) is 37.4. The van der Waals surface area contributed by atoms with Gasteiger partial charge in [0.1, 0.15) is 6.10 Å². The third-order valence-corrected chi connectivity index (χ3v) is 7.22. The van der Waals surface area contributed by atoms with Gasteiger partial charge < -0.3 is 24.1 Å². The highest BCUT2D eigenvalue weighted by atomic mass is 16.5. The summed E-state index contributed by atoms with van der Waals surface area (Å²) in [6, 6.07) is 5.68. The molecule has 5 nitrogen and oxygen atoms in total. The van der Waals surface area contributed by atoms with Crippen LogP contribution in [0.25, 0.3) is 0 Å². The second-order valence-corrected chi connectivity index (χ2v) is 12.1. The Morgan fingerprint density at radius 2 is 1.62 bits per heavy atom. The van der Waals surface area contributed by atoms with Gasteiger partial charge in [-0.2, -0.15) is 0 Å². The van der Waals surface area contributed by atoms with Gasteiger partial charge in [-0.05, 0) is 95.8 Å². The van der Waals surface area contributed by atoms with E-state index in [1.807, 2.05) is 18.2 Å². The molecule has 0 saturated heterocycles. The van der Waals surface area contributed by atoms with Gasteiger partial charge in [0.15, 0.2) is 11.5 Å². The SMILES string of the molecule is C=C(CC=C(C)CCC=C(C)C)CCC(C)(C)C=CCCC(C)=CCO[C@@H](CO)COCc1ccc(OC)c(OC)c1. The second-order valence-electron chi connectivity index (χ2n) is 12.1. The fourth-order valence-corrected chi connectivity index (χ4v) is 4.27. The summed E-state index contributed by atoms with van der Waals surface area (Å²) in [6.45, 7) is 18.7. The van der Waals surface area contributed by atoms with E-state index in [4.69, 9.17) is 18.9 Å². The topological polar surface area (TPSA) is 57.2 Å². The van der Waals surface area contributed by atoms with Crippen LogP contribution in [-0.4, -0.2) is 45.3 Å². The maximum atomic E-state index is 9.69. The van der Waals surface area contributed by atoms with E-state index in [0.29, 0.717) is 31.3 Å². The number of rotatable bonds is 22. The molecule has 0 fully saturated rings. The lowest BCUT2D eigenvalue weighted by Gasteiger charge is -2.20. The molecule has 0 aliphatic rings. The molecule has 5 heteroatoms. The predicted molar refractivity (Wildman–Crippen MR) is 177 cm³/mol. The van der Waals surface area contributed by atoms with Crippen molar-refractivity contribution in [1.82, 2.24) is 0 Å². The van der Waals surface area contributed by atoms with E-state index < -0.39 is 0 Å². The number of allylic oxidation sites excluding steroid dienone is 8. The summed E-state index contributed by atoms with van der Waals surface area (Å²) in [5.74, 6) is 1.35. The fourth-order valence-electron chi connectivity index (χ4n) is 4.27. The minimum absolute atomic E-state index is 0.0881. The highest BCUT2D eigenvalue weighted by Crippen LogP contribution is 2.29. The minimum Gasteiger partial charge on any atom is -0.493 e. The second kappa shape index (κ2) is 21.1. The summed E-state index contributed by atoms with van der Waals surface area (Å²) in [5.41, 5.74) is 6.55. The zero-order valence-corrected chi connectivity index (χ0v) is 27.8. The number of aliphatic hydroxyl groups excluding tert-OH is 1. The molecule has 1 aromatic rings. The molecular weight excluding hydrogens is 524 g/mol. The Morgan fingerprint density at radius 3 is 2.29 bits per heavy atom. The first-order valence-electron chi connectivity index (χ1n) is 15.3. The van der Waals surface area contributed by atoms with Crippen molar-refractivity contribution in [2.45, 2.75) is 99.2 Å².